The van der Waals surface area contributed by atoms with E-state index >= 15 is 0 Å². The fourth-order valence-electron chi connectivity index (χ4n) is 2.73. The maximum absolute atomic E-state index is 12.3. The predicted molar refractivity (Wildman–Crippen MR) is 93.1 cm³/mol. The van der Waals surface area contributed by atoms with Gasteiger partial charge in [-0.3, -0.25) is 4.79 Å². The number of hydrogen-bond donors (Lipinski definition) is 3. The van der Waals surface area contributed by atoms with Gasteiger partial charge in [0.25, 0.3) is 5.91 Å². The topological polar surface area (TPSA) is 67.2 Å². The highest BCUT2D eigenvalue weighted by atomic mass is 16.1. The molecule has 0 spiro atoms. The second-order valence-corrected chi connectivity index (χ2v) is 6.22. The van der Waals surface area contributed by atoms with Crippen molar-refractivity contribution in [1.82, 2.24) is 5.32 Å². The van der Waals surface area contributed by atoms with Gasteiger partial charge in [0.2, 0.25) is 0 Å². The van der Waals surface area contributed by atoms with E-state index in [9.17, 15) is 4.79 Å². The largest absolute Gasteiger partial charge is 0.399 e. The van der Waals surface area contributed by atoms with Gasteiger partial charge in [-0.15, -0.1) is 0 Å². The normalized spacial score (nSPS) is 14.6. The molecule has 120 valence electrons. The van der Waals surface area contributed by atoms with Crippen LogP contribution in [0.3, 0.4) is 0 Å². The number of rotatable bonds is 6. The van der Waals surface area contributed by atoms with E-state index in [0.717, 1.165) is 18.7 Å². The summed E-state index contributed by atoms with van der Waals surface area (Å²) < 4.78 is 0. The smallest absolute Gasteiger partial charge is 0.253 e. The molecule has 0 saturated carbocycles. The molecule has 0 atom stereocenters. The molecule has 4 N–H and O–H groups in total. The Hall–Kier alpha value is -1.97. The maximum Gasteiger partial charge on any atom is 0.253 e. The van der Waals surface area contributed by atoms with E-state index in [1.54, 1.807) is 6.07 Å². The van der Waals surface area contributed by atoms with E-state index in [1.165, 1.54) is 31.3 Å². The lowest BCUT2D eigenvalue weighted by Gasteiger charge is -2.16. The van der Waals surface area contributed by atoms with Gasteiger partial charge in [0, 0.05) is 24.0 Å². The summed E-state index contributed by atoms with van der Waals surface area (Å²) in [5.41, 5.74) is 9.43. The molecule has 0 unspecified atom stereocenters. The first-order valence-electron chi connectivity index (χ1n) is 8.18. The highest BCUT2D eigenvalue weighted by molar-refractivity contribution is 6.00. The Morgan fingerprint density at radius 2 is 2.14 bits per heavy atom. The number of hydrogen-bond acceptors (Lipinski definition) is 3. The van der Waals surface area contributed by atoms with E-state index in [1.807, 2.05) is 26.0 Å². The van der Waals surface area contributed by atoms with Gasteiger partial charge in [-0.1, -0.05) is 11.6 Å². The summed E-state index contributed by atoms with van der Waals surface area (Å²) >= 11 is 0. The van der Waals surface area contributed by atoms with Crippen LogP contribution >= 0.6 is 0 Å². The van der Waals surface area contributed by atoms with Gasteiger partial charge >= 0.3 is 0 Å². The molecule has 1 aliphatic carbocycles. The summed E-state index contributed by atoms with van der Waals surface area (Å²) in [7, 11) is 0. The molecule has 0 radical (unpaired) electrons. The Balaban J connectivity index is 2.00. The number of amides is 1. The third kappa shape index (κ3) is 4.79. The molecule has 1 aliphatic rings. The predicted octanol–water partition coefficient (Wildman–Crippen LogP) is 3.71. The molecule has 1 aromatic carbocycles. The molecule has 22 heavy (non-hydrogen) atoms. The van der Waals surface area contributed by atoms with Crippen molar-refractivity contribution in [2.75, 3.05) is 17.6 Å². The van der Waals surface area contributed by atoms with Crippen LogP contribution in [0.25, 0.3) is 0 Å². The number of allylic oxidation sites excluding steroid dienone is 1. The number of carbonyl (C=O) groups excluding carboxylic acids is 1. The minimum atomic E-state index is -0.0818. The van der Waals surface area contributed by atoms with Crippen molar-refractivity contribution in [1.29, 1.82) is 0 Å². The van der Waals surface area contributed by atoms with Crippen LogP contribution in [0, 0.1) is 0 Å². The highest BCUT2D eigenvalue weighted by Gasteiger charge is 2.13. The van der Waals surface area contributed by atoms with Crippen LogP contribution in [-0.4, -0.2) is 18.5 Å². The van der Waals surface area contributed by atoms with Crippen LogP contribution in [-0.2, 0) is 0 Å². The summed E-state index contributed by atoms with van der Waals surface area (Å²) in [6.07, 6.45) is 8.43. The maximum atomic E-state index is 12.3. The molecule has 0 saturated heterocycles. The van der Waals surface area contributed by atoms with Gasteiger partial charge in [-0.25, -0.2) is 0 Å². The van der Waals surface area contributed by atoms with Crippen LogP contribution in [0.1, 0.15) is 56.3 Å². The Kier molecular flexibility index (Phi) is 5.87. The summed E-state index contributed by atoms with van der Waals surface area (Å²) in [6.45, 7) is 4.75. The second kappa shape index (κ2) is 7.87. The summed E-state index contributed by atoms with van der Waals surface area (Å²) in [4.78, 5) is 12.3. The molecule has 4 heteroatoms. The van der Waals surface area contributed by atoms with Crippen molar-refractivity contribution in [2.24, 2.45) is 0 Å². The molecule has 0 bridgehead atoms. The quantitative estimate of drug-likeness (QED) is 0.554. The van der Waals surface area contributed by atoms with Gasteiger partial charge in [0.1, 0.15) is 0 Å². The molecule has 2 rings (SSSR count). The summed E-state index contributed by atoms with van der Waals surface area (Å²) in [6, 6.07) is 5.56. The van der Waals surface area contributed by atoms with Gasteiger partial charge in [-0.2, -0.15) is 0 Å². The first-order valence-corrected chi connectivity index (χ1v) is 8.18. The Morgan fingerprint density at radius 3 is 2.82 bits per heavy atom. The Labute approximate surface area is 133 Å². The van der Waals surface area contributed by atoms with Crippen LogP contribution in [0.5, 0.6) is 0 Å². The van der Waals surface area contributed by atoms with Gasteiger partial charge in [0.05, 0.1) is 5.56 Å². The van der Waals surface area contributed by atoms with Crippen LogP contribution in [0.2, 0.25) is 0 Å². The number of benzene rings is 1. The Morgan fingerprint density at radius 1 is 1.32 bits per heavy atom. The van der Waals surface area contributed by atoms with Crippen molar-refractivity contribution < 1.29 is 4.79 Å². The van der Waals surface area contributed by atoms with E-state index < -0.39 is 0 Å². The molecular weight excluding hydrogens is 274 g/mol. The number of anilines is 2. The van der Waals surface area contributed by atoms with E-state index in [4.69, 9.17) is 5.73 Å². The third-order valence-corrected chi connectivity index (χ3v) is 3.85. The molecular formula is C18H27N3O. The molecule has 4 nitrogen and oxygen atoms in total. The van der Waals surface area contributed by atoms with Crippen molar-refractivity contribution in [2.45, 2.75) is 52.0 Å². The molecule has 0 fully saturated rings. The first kappa shape index (κ1) is 16.4. The van der Waals surface area contributed by atoms with Gasteiger partial charge in [0.15, 0.2) is 0 Å². The van der Waals surface area contributed by atoms with Crippen molar-refractivity contribution in [3.8, 4) is 0 Å². The number of nitrogen functional groups attached to an aromatic ring is 1. The zero-order chi connectivity index (χ0) is 15.9. The molecule has 0 heterocycles. The average molecular weight is 301 g/mol. The summed E-state index contributed by atoms with van der Waals surface area (Å²) in [5.74, 6) is -0.0818. The standard InChI is InChI=1S/C18H27N3O/c1-13(2)21-18(22)16-12-15(19)8-9-17(16)20-11-10-14-6-4-3-5-7-14/h6,8-9,12-13,20H,3-5,7,10-11,19H2,1-2H3,(H,21,22). The average Bonchev–Trinajstić information content (AvgIpc) is 2.49. The minimum Gasteiger partial charge on any atom is -0.399 e. The van der Waals surface area contributed by atoms with Gasteiger partial charge in [-0.05, 0) is 64.2 Å². The third-order valence-electron chi connectivity index (χ3n) is 3.85. The fraction of sp³-hybridized carbons (Fsp3) is 0.500. The number of carbonyl (C=O) groups is 1. The second-order valence-electron chi connectivity index (χ2n) is 6.22. The SMILES string of the molecule is CC(C)NC(=O)c1cc(N)ccc1NCCC1=CCCCC1. The van der Waals surface area contributed by atoms with Crippen LogP contribution in [0.15, 0.2) is 29.8 Å². The number of nitrogens with one attached hydrogen (secondary N) is 2. The lowest BCUT2D eigenvalue weighted by atomic mass is 9.97. The fourth-order valence-corrected chi connectivity index (χ4v) is 2.73. The molecule has 0 aromatic heterocycles. The minimum absolute atomic E-state index is 0.0818. The zero-order valence-corrected chi connectivity index (χ0v) is 13.6. The first-order chi connectivity index (χ1) is 10.6. The Bertz CT molecular complexity index is 549. The van der Waals surface area contributed by atoms with E-state index in [2.05, 4.69) is 16.7 Å². The van der Waals surface area contributed by atoms with Crippen molar-refractivity contribution >= 4 is 17.3 Å². The van der Waals surface area contributed by atoms with E-state index in [0.29, 0.717) is 11.3 Å². The van der Waals surface area contributed by atoms with Crippen molar-refractivity contribution in [3.63, 3.8) is 0 Å². The molecule has 1 amide bonds. The van der Waals surface area contributed by atoms with Crippen LogP contribution < -0.4 is 16.4 Å². The van der Waals surface area contributed by atoms with Crippen molar-refractivity contribution in [3.05, 3.63) is 35.4 Å². The summed E-state index contributed by atoms with van der Waals surface area (Å²) in [5, 5.41) is 6.31. The lowest BCUT2D eigenvalue weighted by Crippen LogP contribution is -2.30. The molecule has 1 aromatic rings. The number of nitrogens with two attached hydrogens (primary N) is 1. The lowest BCUT2D eigenvalue weighted by molar-refractivity contribution is 0.0944. The monoisotopic (exact) mass is 301 g/mol. The van der Waals surface area contributed by atoms with Gasteiger partial charge < -0.3 is 16.4 Å². The highest BCUT2D eigenvalue weighted by Crippen LogP contribution is 2.22. The zero-order valence-electron chi connectivity index (χ0n) is 13.6. The molecule has 0 aliphatic heterocycles. The van der Waals surface area contributed by atoms with E-state index in [-0.39, 0.29) is 11.9 Å². The van der Waals surface area contributed by atoms with Crippen LogP contribution in [0.4, 0.5) is 11.4 Å².